The zero-order chi connectivity index (χ0) is 12.8. The molecule has 0 fully saturated rings. The number of benzene rings is 1. The molecule has 0 aliphatic carbocycles. The van der Waals surface area contributed by atoms with Crippen LogP contribution in [0.3, 0.4) is 0 Å². The Bertz CT molecular complexity index is 344. The maximum absolute atomic E-state index is 6.17. The topological polar surface area (TPSA) is 35.2 Å². The quantitative estimate of drug-likeness (QED) is 0.686. The summed E-state index contributed by atoms with van der Waals surface area (Å²) in [6.07, 6.45) is 0. The summed E-state index contributed by atoms with van der Waals surface area (Å²) in [7, 11) is 0. The first kappa shape index (κ1) is 18.2. The van der Waals surface area contributed by atoms with Crippen LogP contribution in [-0.2, 0) is 3.07 Å². The van der Waals surface area contributed by atoms with Crippen LogP contribution in [0.15, 0.2) is 24.3 Å². The summed E-state index contributed by atoms with van der Waals surface area (Å²) in [6.45, 7) is 9.59. The Morgan fingerprint density at radius 2 is 1.83 bits per heavy atom. The third-order valence-corrected chi connectivity index (χ3v) is 8.98. The largest absolute Gasteiger partial charge is 1.00 e. The van der Waals surface area contributed by atoms with E-state index in [1.807, 2.05) is 0 Å². The molecular formula is C14H24ClNOSn. The van der Waals surface area contributed by atoms with Crippen molar-refractivity contribution in [3.05, 3.63) is 29.8 Å². The van der Waals surface area contributed by atoms with Crippen molar-refractivity contribution in [3.8, 4) is 0 Å². The van der Waals surface area contributed by atoms with Crippen LogP contribution in [-0.4, -0.2) is 26.8 Å². The Kier molecular flexibility index (Phi) is 9.30. The molecule has 2 N–H and O–H groups in total. The van der Waals surface area contributed by atoms with E-state index in [-0.39, 0.29) is 18.4 Å². The Morgan fingerprint density at radius 3 is 2.33 bits per heavy atom. The van der Waals surface area contributed by atoms with Gasteiger partial charge in [-0.2, -0.15) is 0 Å². The molecule has 18 heavy (non-hydrogen) atoms. The molecular weight excluding hydrogens is 352 g/mol. The molecule has 1 aromatic rings. The molecule has 0 aromatic heterocycles. The first-order valence-corrected chi connectivity index (χ1v) is 11.0. The monoisotopic (exact) mass is 377 g/mol. The summed E-state index contributed by atoms with van der Waals surface area (Å²) in [5, 5.41) is 0. The van der Waals surface area contributed by atoms with E-state index in [9.17, 15) is 0 Å². The van der Waals surface area contributed by atoms with Crippen LogP contribution in [0.5, 0.6) is 0 Å². The van der Waals surface area contributed by atoms with Crippen molar-refractivity contribution in [1.29, 1.82) is 0 Å². The van der Waals surface area contributed by atoms with Gasteiger partial charge >= 0.3 is 113 Å². The van der Waals surface area contributed by atoms with E-state index in [1.165, 1.54) is 13.6 Å². The molecule has 1 rings (SSSR count). The molecule has 0 aliphatic heterocycles. The molecule has 1 aromatic carbocycles. The van der Waals surface area contributed by atoms with Gasteiger partial charge < -0.3 is 12.4 Å². The molecule has 0 saturated heterocycles. The minimum atomic E-state index is -1.91. The number of hydrogen-bond acceptors (Lipinski definition) is 2. The fraction of sp³-hybridized carbons (Fsp3) is 0.571. The van der Waals surface area contributed by atoms with E-state index < -0.39 is 20.2 Å². The third-order valence-electron chi connectivity index (χ3n) is 2.66. The normalized spacial score (nSPS) is 12.1. The summed E-state index contributed by atoms with van der Waals surface area (Å²) in [5.74, 6) is 0.611. The van der Waals surface area contributed by atoms with Crippen LogP contribution in [0.1, 0.15) is 39.3 Å². The van der Waals surface area contributed by atoms with Gasteiger partial charge in [-0.15, -0.1) is 0 Å². The molecule has 1 atom stereocenters. The molecule has 0 radical (unpaired) electrons. The summed E-state index contributed by atoms with van der Waals surface area (Å²) >= 11 is -1.91. The molecule has 0 amide bonds. The number of hydrogen-bond donors (Lipinski definition) is 1. The van der Waals surface area contributed by atoms with Crippen LogP contribution in [0.2, 0.25) is 4.44 Å². The molecule has 0 aliphatic rings. The Labute approximate surface area is 125 Å². The predicted octanol–water partition coefficient (Wildman–Crippen LogP) is -0.399. The second kappa shape index (κ2) is 9.18. The number of nitrogens with two attached hydrogens (primary N) is 1. The minimum absolute atomic E-state index is 0. The molecule has 0 bridgehead atoms. The van der Waals surface area contributed by atoms with Crippen molar-refractivity contribution < 1.29 is 15.5 Å². The fourth-order valence-electron chi connectivity index (χ4n) is 1.79. The van der Waals surface area contributed by atoms with Crippen LogP contribution in [0.25, 0.3) is 0 Å². The van der Waals surface area contributed by atoms with Gasteiger partial charge in [0.1, 0.15) is 0 Å². The van der Waals surface area contributed by atoms with Crippen molar-refractivity contribution >= 4 is 23.8 Å². The van der Waals surface area contributed by atoms with Gasteiger partial charge in [0.05, 0.1) is 0 Å². The molecule has 0 heterocycles. The maximum Gasteiger partial charge on any atom is -1.00 e. The van der Waals surface area contributed by atoms with Crippen molar-refractivity contribution in [2.45, 2.75) is 38.2 Å². The Hall–Kier alpha value is 0.229. The second-order valence-corrected chi connectivity index (χ2v) is 11.7. The fourth-order valence-corrected chi connectivity index (χ4v) is 8.04. The second-order valence-electron chi connectivity index (χ2n) is 4.86. The van der Waals surface area contributed by atoms with Crippen molar-refractivity contribution in [2.75, 3.05) is 6.61 Å². The first-order valence-electron chi connectivity index (χ1n) is 6.39. The average molecular weight is 377 g/mol. The maximum atomic E-state index is 6.17. The zero-order valence-corrected chi connectivity index (χ0v) is 15.4. The van der Waals surface area contributed by atoms with Crippen LogP contribution < -0.4 is 21.7 Å². The summed E-state index contributed by atoms with van der Waals surface area (Å²) in [5.41, 5.74) is 7.32. The van der Waals surface area contributed by atoms with Gasteiger partial charge in [0.15, 0.2) is 0 Å². The first-order chi connectivity index (χ1) is 8.06. The van der Waals surface area contributed by atoms with E-state index in [0.717, 1.165) is 6.61 Å². The van der Waals surface area contributed by atoms with Crippen LogP contribution >= 0.6 is 0 Å². The summed E-state index contributed by atoms with van der Waals surface area (Å²) < 4.78 is 8.79. The van der Waals surface area contributed by atoms with Gasteiger partial charge in [-0.1, -0.05) is 0 Å². The predicted molar refractivity (Wildman–Crippen MR) is 75.7 cm³/mol. The van der Waals surface area contributed by atoms with Gasteiger partial charge in [0.25, 0.3) is 0 Å². The SMILES string of the molecule is C[CH2][Sn+]([O]CC(C)C)[c]1ccccc1C(C)N.[Cl-]. The molecule has 102 valence electrons. The standard InChI is InChI=1S/C8H10N.C4H9O.C2H5.ClH.Sn/c1-7(9)8-5-3-2-4-6-8;1-4(2)3-5;1-2;;/h2-5,7H,9H2,1H3;4H,3H2,1-2H3;1H2,2H3;1H;/q;-1;;;+2/p-1. The van der Waals surface area contributed by atoms with E-state index in [0.29, 0.717) is 5.92 Å². The summed E-state index contributed by atoms with van der Waals surface area (Å²) in [4.78, 5) is 0. The van der Waals surface area contributed by atoms with Gasteiger partial charge in [0.2, 0.25) is 0 Å². The minimum Gasteiger partial charge on any atom is -1.00 e. The molecule has 0 spiro atoms. The number of halogens is 1. The molecule has 2 nitrogen and oxygen atoms in total. The number of rotatable bonds is 6. The van der Waals surface area contributed by atoms with Crippen molar-refractivity contribution in [2.24, 2.45) is 11.7 Å². The van der Waals surface area contributed by atoms with Gasteiger partial charge in [-0.05, 0) is 0 Å². The molecule has 1 unspecified atom stereocenters. The smallest absolute Gasteiger partial charge is 1.00 e. The summed E-state index contributed by atoms with van der Waals surface area (Å²) in [6, 6.07) is 8.65. The van der Waals surface area contributed by atoms with Gasteiger partial charge in [-0.25, -0.2) is 0 Å². The van der Waals surface area contributed by atoms with Gasteiger partial charge in [0, 0.05) is 0 Å². The average Bonchev–Trinajstić information content (AvgIpc) is 2.30. The van der Waals surface area contributed by atoms with E-state index in [1.54, 1.807) is 0 Å². The molecule has 4 heteroatoms. The molecule has 0 saturated carbocycles. The van der Waals surface area contributed by atoms with Crippen molar-refractivity contribution in [3.63, 3.8) is 0 Å². The van der Waals surface area contributed by atoms with E-state index in [2.05, 4.69) is 52.0 Å². The van der Waals surface area contributed by atoms with Crippen LogP contribution in [0.4, 0.5) is 0 Å². The van der Waals surface area contributed by atoms with E-state index >= 15 is 0 Å². The zero-order valence-electron chi connectivity index (χ0n) is 11.7. The Morgan fingerprint density at radius 1 is 1.22 bits per heavy atom. The third kappa shape index (κ3) is 5.47. The van der Waals surface area contributed by atoms with Gasteiger partial charge in [-0.3, -0.25) is 0 Å². The van der Waals surface area contributed by atoms with Crippen LogP contribution in [0, 0.1) is 5.92 Å². The Balaban J connectivity index is 0.00000289. The van der Waals surface area contributed by atoms with E-state index in [4.69, 9.17) is 8.81 Å². The van der Waals surface area contributed by atoms with Crippen molar-refractivity contribution in [1.82, 2.24) is 0 Å².